The molecule has 0 fully saturated rings. The van der Waals surface area contributed by atoms with Crippen molar-refractivity contribution in [3.05, 3.63) is 258 Å². The van der Waals surface area contributed by atoms with Gasteiger partial charge in [0, 0.05) is 33.8 Å². The van der Waals surface area contributed by atoms with Crippen LogP contribution in [0.5, 0.6) is 23.0 Å². The van der Waals surface area contributed by atoms with Crippen LogP contribution in [0.4, 0.5) is 11.4 Å². The van der Waals surface area contributed by atoms with E-state index in [1.165, 1.54) is 71.9 Å². The second kappa shape index (κ2) is 13.8. The zero-order valence-electron chi connectivity index (χ0n) is 35.4. The number of rotatable bonds is 5. The Balaban J connectivity index is 0.867. The third-order valence-corrected chi connectivity index (χ3v) is 14.2. The number of allylic oxidation sites excluding steroid dienone is 3. The van der Waals surface area contributed by atoms with Gasteiger partial charge in [0.25, 0.3) is 0 Å². The van der Waals surface area contributed by atoms with Crippen LogP contribution < -0.4 is 14.4 Å². The quantitative estimate of drug-likeness (QED) is 0.173. The number of nitrogens with zero attached hydrogens (tertiary/aromatic N) is 2. The van der Waals surface area contributed by atoms with Crippen molar-refractivity contribution in [2.45, 2.75) is 17.8 Å². The maximum absolute atomic E-state index is 7.21. The van der Waals surface area contributed by atoms with E-state index >= 15 is 0 Å². The highest BCUT2D eigenvalue weighted by Gasteiger charge is 2.52. The van der Waals surface area contributed by atoms with Crippen molar-refractivity contribution >= 4 is 33.2 Å². The molecule has 10 aromatic rings. The van der Waals surface area contributed by atoms with Crippen molar-refractivity contribution in [2.24, 2.45) is 0 Å². The molecular formula is C61H40N2O2. The molecule has 4 heteroatoms. The minimum absolute atomic E-state index is 0.170. The Kier molecular flexibility index (Phi) is 7.70. The minimum atomic E-state index is -0.484. The average molecular weight is 833 g/mol. The molecule has 2 heterocycles. The van der Waals surface area contributed by atoms with Gasteiger partial charge in [0.15, 0.2) is 23.0 Å². The van der Waals surface area contributed by atoms with Gasteiger partial charge in [0.05, 0.1) is 22.1 Å². The first kappa shape index (κ1) is 36.2. The smallest absolute Gasteiger partial charge is 0.194 e. The van der Waals surface area contributed by atoms with Crippen molar-refractivity contribution in [2.75, 3.05) is 4.90 Å². The summed E-state index contributed by atoms with van der Waals surface area (Å²) in [6.45, 7) is 0. The fraction of sp³-hybridized carbons (Fsp3) is 0.0492. The summed E-state index contributed by atoms with van der Waals surface area (Å²) in [6, 6.07) is 74.5. The molecule has 65 heavy (non-hydrogen) atoms. The Bertz CT molecular complexity index is 3550. The highest BCUT2D eigenvalue weighted by molar-refractivity contribution is 6.09. The first-order chi connectivity index (χ1) is 32.2. The van der Waals surface area contributed by atoms with E-state index < -0.39 is 5.41 Å². The molecule has 9 aromatic carbocycles. The molecule has 1 aliphatic heterocycles. The lowest BCUT2D eigenvalue weighted by Gasteiger charge is -2.33. The fourth-order valence-electron chi connectivity index (χ4n) is 11.5. The molecule has 1 aromatic heterocycles. The molecular weight excluding hydrogens is 793 g/mol. The van der Waals surface area contributed by atoms with Crippen molar-refractivity contribution in [1.82, 2.24) is 4.57 Å². The largest absolute Gasteiger partial charge is 0.449 e. The van der Waals surface area contributed by atoms with Crippen LogP contribution in [-0.4, -0.2) is 4.57 Å². The van der Waals surface area contributed by atoms with Gasteiger partial charge in [-0.1, -0.05) is 158 Å². The van der Waals surface area contributed by atoms with E-state index in [4.69, 9.17) is 9.47 Å². The van der Waals surface area contributed by atoms with Gasteiger partial charge in [0.1, 0.15) is 0 Å². The van der Waals surface area contributed by atoms with Gasteiger partial charge < -0.3 is 18.9 Å². The first-order valence-electron chi connectivity index (χ1n) is 22.5. The van der Waals surface area contributed by atoms with Crippen molar-refractivity contribution in [3.63, 3.8) is 0 Å². The normalized spacial score (nSPS) is 15.6. The summed E-state index contributed by atoms with van der Waals surface area (Å²) in [5, 5.41) is 2.53. The molecule has 14 rings (SSSR count). The van der Waals surface area contributed by atoms with E-state index in [0.29, 0.717) is 23.0 Å². The second-order valence-corrected chi connectivity index (χ2v) is 17.5. The lowest BCUT2D eigenvalue weighted by atomic mass is 9.70. The fourth-order valence-corrected chi connectivity index (χ4v) is 11.5. The van der Waals surface area contributed by atoms with Crippen LogP contribution in [0.2, 0.25) is 0 Å². The molecule has 306 valence electrons. The summed E-state index contributed by atoms with van der Waals surface area (Å²) in [5.74, 6) is 2.97. The molecule has 0 bridgehead atoms. The topological polar surface area (TPSA) is 26.6 Å². The van der Waals surface area contributed by atoms with Crippen molar-refractivity contribution in [1.29, 1.82) is 0 Å². The van der Waals surface area contributed by atoms with Crippen molar-refractivity contribution < 1.29 is 9.47 Å². The molecule has 1 atom stereocenters. The highest BCUT2D eigenvalue weighted by Crippen LogP contribution is 2.65. The molecule has 4 aliphatic rings. The van der Waals surface area contributed by atoms with E-state index in [-0.39, 0.29) is 5.92 Å². The molecule has 1 unspecified atom stereocenters. The maximum atomic E-state index is 7.21. The lowest BCUT2D eigenvalue weighted by Crippen LogP contribution is -2.26. The van der Waals surface area contributed by atoms with Gasteiger partial charge in [-0.2, -0.15) is 0 Å². The number of benzene rings is 9. The SMILES string of the molecule is C1=CC(N(c2ccccc2)c2cccc3c2Oc2cc4c(cc2O3)-c2ccccc2C42c3ccccc3-c3ccccc32)=CC(c2ccc(-n3c4ccccc4c4ccccc43)cc2)C1. The summed E-state index contributed by atoms with van der Waals surface area (Å²) < 4.78 is 16.5. The van der Waals surface area contributed by atoms with Crippen molar-refractivity contribution in [3.8, 4) is 50.9 Å². The molecule has 0 saturated carbocycles. The van der Waals surface area contributed by atoms with Crippen LogP contribution in [0.1, 0.15) is 40.2 Å². The monoisotopic (exact) mass is 832 g/mol. The summed E-state index contributed by atoms with van der Waals surface area (Å²) in [4.78, 5) is 2.32. The second-order valence-electron chi connectivity index (χ2n) is 17.5. The third kappa shape index (κ3) is 5.14. The molecule has 4 nitrogen and oxygen atoms in total. The molecule has 0 saturated heterocycles. The van der Waals surface area contributed by atoms with Gasteiger partial charge in [-0.15, -0.1) is 0 Å². The standard InChI is InChI=1S/C61H40N2O2/c1-2-17-41(18-3-1)62(43-19-14-16-40(36-43)39-32-34-42(35-33-39)63-54-28-12-7-23-47(54)48-24-8-13-29-55(48)63)56-30-15-31-57-60(56)65-59-38-53-49(37-58(59)64-57)46-22-6-11-27-52(46)61(53)50-25-9-4-20-44(50)45-21-5-10-26-51(45)61/h1-15,17-38,40H,16H2. The van der Waals surface area contributed by atoms with Crippen LogP contribution in [0, 0.1) is 0 Å². The van der Waals surface area contributed by atoms with Gasteiger partial charge in [-0.3, -0.25) is 0 Å². The first-order valence-corrected chi connectivity index (χ1v) is 22.5. The Morgan fingerprint density at radius 2 is 1.06 bits per heavy atom. The van der Waals surface area contributed by atoms with Crippen LogP contribution in [0.15, 0.2) is 230 Å². The Morgan fingerprint density at radius 1 is 0.477 bits per heavy atom. The highest BCUT2D eigenvalue weighted by atomic mass is 16.6. The van der Waals surface area contributed by atoms with E-state index in [1.807, 2.05) is 6.07 Å². The van der Waals surface area contributed by atoms with E-state index in [0.717, 1.165) is 29.2 Å². The number of ether oxygens (including phenoxy) is 2. The van der Waals surface area contributed by atoms with E-state index in [2.05, 4.69) is 228 Å². The Labute approximate surface area is 377 Å². The summed E-state index contributed by atoms with van der Waals surface area (Å²) in [5.41, 5.74) is 17.4. The summed E-state index contributed by atoms with van der Waals surface area (Å²) >= 11 is 0. The number of aromatic nitrogens is 1. The maximum Gasteiger partial charge on any atom is 0.194 e. The predicted octanol–water partition coefficient (Wildman–Crippen LogP) is 15.8. The van der Waals surface area contributed by atoms with Crippen LogP contribution >= 0.6 is 0 Å². The van der Waals surface area contributed by atoms with Gasteiger partial charge in [0.2, 0.25) is 0 Å². The lowest BCUT2D eigenvalue weighted by molar-refractivity contribution is 0.360. The summed E-state index contributed by atoms with van der Waals surface area (Å²) in [6.07, 6.45) is 7.86. The average Bonchev–Trinajstić information content (AvgIpc) is 3.97. The number of hydrogen-bond donors (Lipinski definition) is 0. The van der Waals surface area contributed by atoms with E-state index in [9.17, 15) is 0 Å². The molecule has 0 radical (unpaired) electrons. The molecule has 3 aliphatic carbocycles. The number of fused-ring (bicyclic) bond motifs is 15. The zero-order chi connectivity index (χ0) is 42.6. The van der Waals surface area contributed by atoms with E-state index in [1.54, 1.807) is 0 Å². The van der Waals surface area contributed by atoms with Crippen LogP contribution in [0.3, 0.4) is 0 Å². The van der Waals surface area contributed by atoms with Gasteiger partial charge >= 0.3 is 0 Å². The minimum Gasteiger partial charge on any atom is -0.449 e. The number of para-hydroxylation sites is 4. The van der Waals surface area contributed by atoms with Crippen LogP contribution in [-0.2, 0) is 5.41 Å². The third-order valence-electron chi connectivity index (χ3n) is 14.2. The molecule has 0 N–H and O–H groups in total. The molecule has 1 spiro atoms. The molecule has 0 amide bonds. The Morgan fingerprint density at radius 3 is 1.74 bits per heavy atom. The summed E-state index contributed by atoms with van der Waals surface area (Å²) in [7, 11) is 0. The Hall–Kier alpha value is -8.34. The van der Waals surface area contributed by atoms with Crippen LogP contribution in [0.25, 0.3) is 49.7 Å². The number of hydrogen-bond acceptors (Lipinski definition) is 3. The number of anilines is 2. The zero-order valence-corrected chi connectivity index (χ0v) is 35.4. The predicted molar refractivity (Wildman–Crippen MR) is 263 cm³/mol. The van der Waals surface area contributed by atoms with Gasteiger partial charge in [-0.25, -0.2) is 0 Å². The van der Waals surface area contributed by atoms with Gasteiger partial charge in [-0.05, 0) is 123 Å².